The van der Waals surface area contributed by atoms with Crippen LogP contribution in [0.25, 0.3) is 0 Å². The first-order valence-corrected chi connectivity index (χ1v) is 10.1. The molecule has 0 atom stereocenters. The predicted molar refractivity (Wildman–Crippen MR) is 104 cm³/mol. The van der Waals surface area contributed by atoms with Crippen LogP contribution in [-0.2, 0) is 0 Å². The van der Waals surface area contributed by atoms with Gasteiger partial charge in [0, 0.05) is 0 Å². The lowest BCUT2D eigenvalue weighted by Crippen LogP contribution is -2.49. The van der Waals surface area contributed by atoms with Crippen LogP contribution in [0.1, 0.15) is 90.9 Å². The molecule has 0 aromatic heterocycles. The monoisotopic (exact) mass is 328 g/mol. The molecule has 0 spiro atoms. The van der Waals surface area contributed by atoms with Crippen molar-refractivity contribution in [3.05, 3.63) is 0 Å². The van der Waals surface area contributed by atoms with Crippen molar-refractivity contribution in [1.29, 1.82) is 0 Å². The minimum Gasteiger partial charge on any atom is -0.317 e. The van der Waals surface area contributed by atoms with E-state index < -0.39 is 5.66 Å². The van der Waals surface area contributed by atoms with E-state index in [9.17, 15) is 0 Å². The van der Waals surface area contributed by atoms with Crippen LogP contribution in [0.2, 0.25) is 0 Å². The van der Waals surface area contributed by atoms with Crippen molar-refractivity contribution in [2.75, 3.05) is 26.2 Å². The Morgan fingerprint density at radius 3 is 1.57 bits per heavy atom. The molecule has 0 unspecified atom stereocenters. The zero-order valence-corrected chi connectivity index (χ0v) is 16.0. The Hall–Kier alpha value is -0.160. The van der Waals surface area contributed by atoms with Gasteiger partial charge in [0.2, 0.25) is 0 Å². The second-order valence-corrected chi connectivity index (χ2v) is 7.06. The Kier molecular flexibility index (Phi) is 16.6. The van der Waals surface area contributed by atoms with Crippen molar-refractivity contribution < 1.29 is 0 Å². The molecule has 0 saturated carbocycles. The second-order valence-electron chi connectivity index (χ2n) is 7.06. The van der Waals surface area contributed by atoms with Crippen molar-refractivity contribution in [3.63, 3.8) is 0 Å². The lowest BCUT2D eigenvalue weighted by atomic mass is 9.97. The quantitative estimate of drug-likeness (QED) is 0.229. The van der Waals surface area contributed by atoms with E-state index in [0.29, 0.717) is 0 Å². The maximum atomic E-state index is 6.19. The highest BCUT2D eigenvalue weighted by molar-refractivity contribution is 4.76. The molecule has 140 valence electrons. The number of hydrogen-bond donors (Lipinski definition) is 4. The third-order valence-corrected chi connectivity index (χ3v) is 4.35. The van der Waals surface area contributed by atoms with Crippen LogP contribution in [0.5, 0.6) is 0 Å². The molecule has 0 aliphatic rings. The molecular weight excluding hydrogens is 284 g/mol. The van der Waals surface area contributed by atoms with Gasteiger partial charge in [-0.25, -0.2) is 0 Å². The van der Waals surface area contributed by atoms with E-state index in [4.69, 9.17) is 11.5 Å². The molecular formula is C19H44N4. The fraction of sp³-hybridized carbons (Fsp3) is 1.00. The third kappa shape index (κ3) is 18.0. The third-order valence-electron chi connectivity index (χ3n) is 4.35. The van der Waals surface area contributed by atoms with E-state index in [-0.39, 0.29) is 0 Å². The van der Waals surface area contributed by atoms with Gasteiger partial charge in [0.1, 0.15) is 0 Å². The SMILES string of the molecule is CCCNCCCCCCCCCC(N)(N)CCCNCCC. The van der Waals surface area contributed by atoms with E-state index in [1.54, 1.807) is 0 Å². The van der Waals surface area contributed by atoms with E-state index in [0.717, 1.165) is 38.9 Å². The molecule has 6 N–H and O–H groups in total. The van der Waals surface area contributed by atoms with E-state index >= 15 is 0 Å². The summed E-state index contributed by atoms with van der Waals surface area (Å²) >= 11 is 0. The Balaban J connectivity index is 3.28. The summed E-state index contributed by atoms with van der Waals surface area (Å²) in [7, 11) is 0. The number of nitrogens with two attached hydrogens (primary N) is 2. The fourth-order valence-corrected chi connectivity index (χ4v) is 2.86. The Labute approximate surface area is 145 Å². The molecule has 4 heteroatoms. The van der Waals surface area contributed by atoms with E-state index in [2.05, 4.69) is 24.5 Å². The van der Waals surface area contributed by atoms with Gasteiger partial charge in [0.05, 0.1) is 5.66 Å². The maximum Gasteiger partial charge on any atom is 0.0637 e. The highest BCUT2D eigenvalue weighted by Crippen LogP contribution is 2.14. The minimum absolute atomic E-state index is 0.459. The lowest BCUT2D eigenvalue weighted by molar-refractivity contribution is 0.349. The fourth-order valence-electron chi connectivity index (χ4n) is 2.86. The number of hydrogen-bond acceptors (Lipinski definition) is 4. The molecule has 0 amide bonds. The average molecular weight is 329 g/mol. The highest BCUT2D eigenvalue weighted by Gasteiger charge is 2.17. The lowest BCUT2D eigenvalue weighted by Gasteiger charge is -2.24. The highest BCUT2D eigenvalue weighted by atomic mass is 14.9. The summed E-state index contributed by atoms with van der Waals surface area (Å²) in [6.07, 6.45) is 14.6. The van der Waals surface area contributed by atoms with Gasteiger partial charge >= 0.3 is 0 Å². The van der Waals surface area contributed by atoms with E-state index in [1.165, 1.54) is 64.3 Å². The van der Waals surface area contributed by atoms with Crippen molar-refractivity contribution in [2.45, 2.75) is 96.6 Å². The van der Waals surface area contributed by atoms with Crippen molar-refractivity contribution in [1.82, 2.24) is 10.6 Å². The van der Waals surface area contributed by atoms with Gasteiger partial charge in [0.25, 0.3) is 0 Å². The Morgan fingerprint density at radius 1 is 0.565 bits per heavy atom. The number of nitrogens with one attached hydrogen (secondary N) is 2. The summed E-state index contributed by atoms with van der Waals surface area (Å²) in [4.78, 5) is 0. The van der Waals surface area contributed by atoms with Gasteiger partial charge in [-0.1, -0.05) is 52.4 Å². The molecule has 0 rings (SSSR count). The maximum absolute atomic E-state index is 6.19. The molecule has 0 aliphatic carbocycles. The standard InChI is InChI=1S/C19H44N4/c1-3-15-22-17-11-9-7-5-6-8-10-13-19(20,21)14-12-18-23-16-4-2/h22-23H,3-18,20-21H2,1-2H3. The molecule has 0 aromatic carbocycles. The summed E-state index contributed by atoms with van der Waals surface area (Å²) in [5, 5.41) is 6.86. The first-order chi connectivity index (χ1) is 11.1. The zero-order chi connectivity index (χ0) is 17.2. The Bertz CT molecular complexity index is 231. The average Bonchev–Trinajstić information content (AvgIpc) is 2.52. The first kappa shape index (κ1) is 22.8. The molecule has 0 saturated heterocycles. The largest absolute Gasteiger partial charge is 0.317 e. The van der Waals surface area contributed by atoms with E-state index in [1.807, 2.05) is 0 Å². The van der Waals surface area contributed by atoms with Gasteiger partial charge in [-0.2, -0.15) is 0 Å². The molecule has 0 bridgehead atoms. The van der Waals surface area contributed by atoms with Crippen LogP contribution in [0.4, 0.5) is 0 Å². The van der Waals surface area contributed by atoms with Gasteiger partial charge in [-0.3, -0.25) is 0 Å². The molecule has 0 aromatic rings. The molecule has 0 fully saturated rings. The van der Waals surface area contributed by atoms with Crippen molar-refractivity contribution in [2.24, 2.45) is 11.5 Å². The summed E-state index contributed by atoms with van der Waals surface area (Å²) in [6, 6.07) is 0. The van der Waals surface area contributed by atoms with Crippen LogP contribution in [0.15, 0.2) is 0 Å². The van der Waals surface area contributed by atoms with Gasteiger partial charge in [0.15, 0.2) is 0 Å². The minimum atomic E-state index is -0.459. The molecule has 0 radical (unpaired) electrons. The number of rotatable bonds is 18. The van der Waals surface area contributed by atoms with Gasteiger partial charge < -0.3 is 22.1 Å². The second kappa shape index (κ2) is 16.7. The van der Waals surface area contributed by atoms with Crippen molar-refractivity contribution >= 4 is 0 Å². The van der Waals surface area contributed by atoms with Gasteiger partial charge in [-0.05, 0) is 64.7 Å². The first-order valence-electron chi connectivity index (χ1n) is 10.1. The van der Waals surface area contributed by atoms with Crippen LogP contribution in [-0.4, -0.2) is 31.8 Å². The summed E-state index contributed by atoms with van der Waals surface area (Å²) in [6.45, 7) is 8.88. The molecule has 4 nitrogen and oxygen atoms in total. The zero-order valence-electron chi connectivity index (χ0n) is 16.0. The predicted octanol–water partition coefficient (Wildman–Crippen LogP) is 3.50. The van der Waals surface area contributed by atoms with Crippen molar-refractivity contribution in [3.8, 4) is 0 Å². The van der Waals surface area contributed by atoms with Crippen LogP contribution < -0.4 is 22.1 Å². The van der Waals surface area contributed by atoms with Crippen LogP contribution >= 0.6 is 0 Å². The Morgan fingerprint density at radius 2 is 1.00 bits per heavy atom. The van der Waals surface area contributed by atoms with Gasteiger partial charge in [-0.15, -0.1) is 0 Å². The summed E-state index contributed by atoms with van der Waals surface area (Å²) < 4.78 is 0. The topological polar surface area (TPSA) is 76.1 Å². The van der Waals surface area contributed by atoms with Crippen LogP contribution in [0.3, 0.4) is 0 Å². The normalized spacial score (nSPS) is 12.0. The molecule has 0 aliphatic heterocycles. The molecule has 0 heterocycles. The summed E-state index contributed by atoms with van der Waals surface area (Å²) in [5.41, 5.74) is 11.9. The molecule has 23 heavy (non-hydrogen) atoms. The smallest absolute Gasteiger partial charge is 0.0637 e. The summed E-state index contributed by atoms with van der Waals surface area (Å²) in [5.74, 6) is 0. The number of unbranched alkanes of at least 4 members (excludes halogenated alkanes) is 6. The van der Waals surface area contributed by atoms with Crippen LogP contribution in [0, 0.1) is 0 Å².